The summed E-state index contributed by atoms with van der Waals surface area (Å²) < 4.78 is 11.4. The van der Waals surface area contributed by atoms with E-state index < -0.39 is 18.0 Å². The molecule has 6 nitrogen and oxygen atoms in total. The van der Waals surface area contributed by atoms with Crippen LogP contribution >= 0.6 is 0 Å². The van der Waals surface area contributed by atoms with Crippen LogP contribution < -0.4 is 9.64 Å². The predicted octanol–water partition coefficient (Wildman–Crippen LogP) is 6.25. The molecule has 6 heteroatoms. The van der Waals surface area contributed by atoms with Crippen LogP contribution in [0, 0.1) is 12.8 Å². The average molecular weight is 500 g/mol. The molecule has 1 aliphatic heterocycles. The van der Waals surface area contributed by atoms with E-state index in [0.717, 1.165) is 11.3 Å². The van der Waals surface area contributed by atoms with Crippen molar-refractivity contribution < 1.29 is 23.9 Å². The Morgan fingerprint density at radius 2 is 1.46 bits per heavy atom. The summed E-state index contributed by atoms with van der Waals surface area (Å²) in [5.74, 6) is -0.210. The molecule has 0 radical (unpaired) electrons. The normalized spacial score (nSPS) is 16.4. The third-order valence-corrected chi connectivity index (χ3v) is 6.56. The number of nitrogens with zero attached hydrogens (tertiary/aromatic N) is 1. The molecule has 4 rings (SSSR count). The lowest BCUT2D eigenvalue weighted by molar-refractivity contribution is -0.151. The van der Waals surface area contributed by atoms with Gasteiger partial charge in [0.1, 0.15) is 11.5 Å². The quantitative estimate of drug-likeness (QED) is 0.284. The number of hydrogen-bond acceptors (Lipinski definition) is 5. The van der Waals surface area contributed by atoms with E-state index in [1.54, 1.807) is 48.2 Å². The number of Topliss-reactive ketones (excluding diaryl/α,β-unsaturated/α-hetero) is 1. The lowest BCUT2D eigenvalue weighted by Crippen LogP contribution is -2.30. The highest BCUT2D eigenvalue weighted by Gasteiger charge is 2.37. The first kappa shape index (κ1) is 26.1. The Bertz CT molecular complexity index is 1270. The second kappa shape index (κ2) is 10.6. The molecule has 0 unspecified atom stereocenters. The van der Waals surface area contributed by atoms with Crippen molar-refractivity contribution in [2.75, 3.05) is 11.4 Å². The van der Waals surface area contributed by atoms with Crippen LogP contribution in [0.2, 0.25) is 0 Å². The highest BCUT2D eigenvalue weighted by atomic mass is 16.5. The number of rotatable bonds is 7. The van der Waals surface area contributed by atoms with E-state index in [2.05, 4.69) is 32.9 Å². The summed E-state index contributed by atoms with van der Waals surface area (Å²) in [7, 11) is 0. The number of carbonyl (C=O) groups excluding carboxylic acids is 3. The highest BCUT2D eigenvalue weighted by Crippen LogP contribution is 2.30. The van der Waals surface area contributed by atoms with Crippen molar-refractivity contribution in [3.8, 4) is 11.5 Å². The number of hydrogen-bond donors (Lipinski definition) is 0. The van der Waals surface area contributed by atoms with Gasteiger partial charge in [0.25, 0.3) is 0 Å². The van der Waals surface area contributed by atoms with Crippen LogP contribution in [-0.2, 0) is 19.7 Å². The molecule has 1 amide bonds. The summed E-state index contributed by atoms with van der Waals surface area (Å²) >= 11 is 0. The maximum Gasteiger partial charge on any atom is 0.312 e. The van der Waals surface area contributed by atoms with Crippen LogP contribution in [0.5, 0.6) is 11.5 Å². The van der Waals surface area contributed by atoms with Crippen LogP contribution in [0.4, 0.5) is 5.69 Å². The fourth-order valence-electron chi connectivity index (χ4n) is 4.24. The summed E-state index contributed by atoms with van der Waals surface area (Å²) in [6.07, 6.45) is -0.879. The second-order valence-electron chi connectivity index (χ2n) is 10.6. The van der Waals surface area contributed by atoms with Crippen LogP contribution in [0.1, 0.15) is 55.6 Å². The zero-order valence-electron chi connectivity index (χ0n) is 22.0. The van der Waals surface area contributed by atoms with Crippen molar-refractivity contribution in [2.45, 2.75) is 52.6 Å². The number of anilines is 1. The highest BCUT2D eigenvalue weighted by molar-refractivity contribution is 6.02. The Labute approximate surface area is 218 Å². The van der Waals surface area contributed by atoms with Crippen molar-refractivity contribution in [1.29, 1.82) is 0 Å². The molecule has 0 bridgehead atoms. The van der Waals surface area contributed by atoms with Crippen LogP contribution in [0.15, 0.2) is 72.8 Å². The summed E-state index contributed by atoms with van der Waals surface area (Å²) in [4.78, 5) is 39.6. The number of esters is 1. The Morgan fingerprint density at radius 3 is 2.03 bits per heavy atom. The number of carbonyl (C=O) groups is 3. The summed E-state index contributed by atoms with van der Waals surface area (Å²) in [6.45, 7) is 10.2. The van der Waals surface area contributed by atoms with Crippen LogP contribution in [-0.4, -0.2) is 30.3 Å². The van der Waals surface area contributed by atoms with Gasteiger partial charge in [-0.3, -0.25) is 14.4 Å². The van der Waals surface area contributed by atoms with Crippen molar-refractivity contribution in [2.24, 2.45) is 5.92 Å². The van der Waals surface area contributed by atoms with E-state index in [1.807, 2.05) is 31.2 Å². The maximum atomic E-state index is 12.7. The molecular weight excluding hydrogens is 466 g/mol. The van der Waals surface area contributed by atoms with Gasteiger partial charge >= 0.3 is 5.97 Å². The van der Waals surface area contributed by atoms with Gasteiger partial charge < -0.3 is 14.4 Å². The maximum absolute atomic E-state index is 12.7. The molecule has 1 fully saturated rings. The van der Waals surface area contributed by atoms with Gasteiger partial charge in [0.05, 0.1) is 5.92 Å². The third-order valence-electron chi connectivity index (χ3n) is 6.56. The minimum atomic E-state index is -0.923. The summed E-state index contributed by atoms with van der Waals surface area (Å²) in [6, 6.07) is 22.3. The SMILES string of the molecule is Cc1ccc(C(=O)[C@@H](C)OC(=O)[C@H]2CC(=O)N(c3ccc(Oc4ccc(C(C)(C)C)cc4)cc3)C2)cc1. The fourth-order valence-corrected chi connectivity index (χ4v) is 4.24. The van der Waals surface area contributed by atoms with E-state index in [-0.39, 0.29) is 30.1 Å². The van der Waals surface area contributed by atoms with Crippen LogP contribution in [0.3, 0.4) is 0 Å². The van der Waals surface area contributed by atoms with E-state index >= 15 is 0 Å². The fraction of sp³-hybridized carbons (Fsp3) is 0.323. The Morgan fingerprint density at radius 1 is 0.892 bits per heavy atom. The molecule has 1 heterocycles. The average Bonchev–Trinajstić information content (AvgIpc) is 3.26. The van der Waals surface area contributed by atoms with Crippen molar-refractivity contribution in [3.63, 3.8) is 0 Å². The molecule has 0 aliphatic carbocycles. The van der Waals surface area contributed by atoms with Gasteiger partial charge in [-0.2, -0.15) is 0 Å². The van der Waals surface area contributed by atoms with Crippen molar-refractivity contribution >= 4 is 23.3 Å². The molecule has 3 aromatic carbocycles. The largest absolute Gasteiger partial charge is 0.457 e. The third kappa shape index (κ3) is 6.26. The summed E-state index contributed by atoms with van der Waals surface area (Å²) in [5, 5.41) is 0. The monoisotopic (exact) mass is 499 g/mol. The molecule has 0 spiro atoms. The minimum Gasteiger partial charge on any atom is -0.457 e. The van der Waals surface area contributed by atoms with Gasteiger partial charge in [-0.1, -0.05) is 62.7 Å². The van der Waals surface area contributed by atoms with E-state index in [9.17, 15) is 14.4 Å². The predicted molar refractivity (Wildman–Crippen MR) is 143 cm³/mol. The first-order valence-corrected chi connectivity index (χ1v) is 12.5. The van der Waals surface area contributed by atoms with Gasteiger partial charge in [-0.15, -0.1) is 0 Å². The number of benzene rings is 3. The molecule has 37 heavy (non-hydrogen) atoms. The smallest absolute Gasteiger partial charge is 0.312 e. The molecule has 0 N–H and O–H groups in total. The molecule has 1 saturated heterocycles. The van der Waals surface area contributed by atoms with Gasteiger partial charge in [-0.25, -0.2) is 0 Å². The first-order valence-electron chi connectivity index (χ1n) is 12.5. The zero-order chi connectivity index (χ0) is 26.7. The number of amides is 1. The van der Waals surface area contributed by atoms with E-state index in [0.29, 0.717) is 17.0 Å². The van der Waals surface area contributed by atoms with Crippen molar-refractivity contribution in [3.05, 3.63) is 89.5 Å². The van der Waals surface area contributed by atoms with E-state index in [1.165, 1.54) is 5.56 Å². The Balaban J connectivity index is 1.34. The lowest BCUT2D eigenvalue weighted by atomic mass is 9.87. The molecule has 0 saturated carbocycles. The number of ether oxygens (including phenoxy) is 2. The Kier molecular flexibility index (Phi) is 7.48. The molecule has 192 valence electrons. The van der Waals surface area contributed by atoms with Gasteiger partial charge in [0, 0.05) is 24.2 Å². The number of ketones is 1. The van der Waals surface area contributed by atoms with E-state index in [4.69, 9.17) is 9.47 Å². The molecule has 1 aliphatic rings. The second-order valence-corrected chi connectivity index (χ2v) is 10.6. The number of aryl methyl sites for hydroxylation is 1. The van der Waals surface area contributed by atoms with Gasteiger partial charge in [0.15, 0.2) is 6.10 Å². The lowest BCUT2D eigenvalue weighted by Gasteiger charge is -2.19. The molecular formula is C31H33NO5. The standard InChI is InChI=1S/C31H33NO5/c1-20-6-8-22(9-7-20)29(34)21(2)36-30(35)23-18-28(33)32(19-23)25-12-16-27(17-13-25)37-26-14-10-24(11-15-26)31(3,4)5/h6-17,21,23H,18-19H2,1-5H3/t21-,23+/m1/s1. The Hall–Kier alpha value is -3.93. The first-order chi connectivity index (χ1) is 17.5. The summed E-state index contributed by atoms with van der Waals surface area (Å²) in [5.41, 5.74) is 3.51. The molecule has 3 aromatic rings. The minimum absolute atomic E-state index is 0.0443. The van der Waals surface area contributed by atoms with Crippen molar-refractivity contribution in [1.82, 2.24) is 0 Å². The zero-order valence-corrected chi connectivity index (χ0v) is 22.0. The molecule has 0 aromatic heterocycles. The van der Waals surface area contributed by atoms with Gasteiger partial charge in [0.2, 0.25) is 11.7 Å². The topological polar surface area (TPSA) is 72.9 Å². The van der Waals surface area contributed by atoms with Gasteiger partial charge in [-0.05, 0) is 61.2 Å². The molecule has 2 atom stereocenters. The van der Waals surface area contributed by atoms with Crippen LogP contribution in [0.25, 0.3) is 0 Å².